The molecule has 0 radical (unpaired) electrons. The molecule has 1 aromatic carbocycles. The Morgan fingerprint density at radius 3 is 2.50 bits per heavy atom. The van der Waals surface area contributed by atoms with Crippen LogP contribution in [0.5, 0.6) is 0 Å². The van der Waals surface area contributed by atoms with E-state index in [4.69, 9.17) is 0 Å². The normalized spacial score (nSPS) is 12.5. The van der Waals surface area contributed by atoms with Crippen LogP contribution in [0.15, 0.2) is 18.2 Å². The zero-order valence-electron chi connectivity index (χ0n) is 10.9. The number of rotatable bonds is 6. The molecule has 1 aromatic rings. The molecule has 2 nitrogen and oxygen atoms in total. The number of aryl methyl sites for hydroxylation is 2. The molecule has 0 spiro atoms. The first kappa shape index (κ1) is 13.0. The summed E-state index contributed by atoms with van der Waals surface area (Å²) in [6, 6.07) is 7.13. The number of anilines is 1. The van der Waals surface area contributed by atoms with E-state index < -0.39 is 0 Å². The summed E-state index contributed by atoms with van der Waals surface area (Å²) in [5.41, 5.74) is 3.91. The zero-order valence-corrected chi connectivity index (χ0v) is 10.9. The molecule has 0 aliphatic carbocycles. The van der Waals surface area contributed by atoms with Crippen molar-refractivity contribution >= 4 is 5.69 Å². The van der Waals surface area contributed by atoms with Crippen LogP contribution in [0.1, 0.15) is 31.4 Å². The predicted molar refractivity (Wildman–Crippen MR) is 72.2 cm³/mol. The molecule has 2 N–H and O–H groups in total. The van der Waals surface area contributed by atoms with Gasteiger partial charge in [0, 0.05) is 24.8 Å². The van der Waals surface area contributed by atoms with Gasteiger partial charge in [-0.3, -0.25) is 0 Å². The van der Waals surface area contributed by atoms with E-state index in [-0.39, 0.29) is 0 Å². The molecule has 0 saturated heterocycles. The van der Waals surface area contributed by atoms with Gasteiger partial charge >= 0.3 is 0 Å². The number of benzene rings is 1. The van der Waals surface area contributed by atoms with Crippen molar-refractivity contribution in [3.63, 3.8) is 0 Å². The second kappa shape index (κ2) is 6.54. The molecule has 90 valence electrons. The molecule has 0 heterocycles. The summed E-state index contributed by atoms with van der Waals surface area (Å²) in [5, 5.41) is 6.90. The molecule has 1 rings (SSSR count). The average Bonchev–Trinajstić information content (AvgIpc) is 2.28. The smallest absolute Gasteiger partial charge is 0.0343 e. The molecular formula is C14H24N2. The Hall–Kier alpha value is -1.02. The van der Waals surface area contributed by atoms with Crippen molar-refractivity contribution in [2.75, 3.05) is 18.4 Å². The van der Waals surface area contributed by atoms with Crippen LogP contribution in [0.4, 0.5) is 5.69 Å². The summed E-state index contributed by atoms with van der Waals surface area (Å²) in [5.74, 6) is 0. The summed E-state index contributed by atoms with van der Waals surface area (Å²) in [7, 11) is 0. The van der Waals surface area contributed by atoms with Crippen molar-refractivity contribution in [2.24, 2.45) is 0 Å². The van der Waals surface area contributed by atoms with E-state index in [0.29, 0.717) is 6.04 Å². The molecular weight excluding hydrogens is 196 g/mol. The van der Waals surface area contributed by atoms with Crippen molar-refractivity contribution < 1.29 is 0 Å². The molecule has 0 aromatic heterocycles. The van der Waals surface area contributed by atoms with Crippen LogP contribution in [0.3, 0.4) is 0 Å². The molecule has 0 aliphatic heterocycles. The maximum absolute atomic E-state index is 3.47. The number of hydrogen-bond acceptors (Lipinski definition) is 2. The van der Waals surface area contributed by atoms with Gasteiger partial charge in [-0.15, -0.1) is 0 Å². The van der Waals surface area contributed by atoms with Crippen LogP contribution in [0, 0.1) is 13.8 Å². The van der Waals surface area contributed by atoms with Gasteiger partial charge < -0.3 is 10.6 Å². The van der Waals surface area contributed by atoms with Crippen molar-refractivity contribution in [3.05, 3.63) is 29.3 Å². The Labute approximate surface area is 99.5 Å². The maximum Gasteiger partial charge on any atom is 0.0343 e. The Morgan fingerprint density at radius 2 is 1.88 bits per heavy atom. The van der Waals surface area contributed by atoms with E-state index in [0.717, 1.165) is 13.1 Å². The van der Waals surface area contributed by atoms with Gasteiger partial charge in [0.2, 0.25) is 0 Å². The summed E-state index contributed by atoms with van der Waals surface area (Å²) in [6.45, 7) is 10.7. The zero-order chi connectivity index (χ0) is 12.0. The van der Waals surface area contributed by atoms with Gasteiger partial charge in [0.1, 0.15) is 0 Å². The van der Waals surface area contributed by atoms with E-state index in [1.54, 1.807) is 0 Å². The van der Waals surface area contributed by atoms with Crippen LogP contribution in [0.25, 0.3) is 0 Å². The molecule has 2 heteroatoms. The van der Waals surface area contributed by atoms with Crippen LogP contribution < -0.4 is 10.6 Å². The molecule has 0 fully saturated rings. The van der Waals surface area contributed by atoms with Crippen molar-refractivity contribution in [1.82, 2.24) is 5.32 Å². The van der Waals surface area contributed by atoms with Crippen molar-refractivity contribution in [1.29, 1.82) is 0 Å². The van der Waals surface area contributed by atoms with Gasteiger partial charge in [-0.25, -0.2) is 0 Å². The third-order valence-electron chi connectivity index (χ3n) is 3.07. The highest BCUT2D eigenvalue weighted by molar-refractivity contribution is 5.47. The summed E-state index contributed by atoms with van der Waals surface area (Å²) >= 11 is 0. The number of hydrogen-bond donors (Lipinski definition) is 2. The summed E-state index contributed by atoms with van der Waals surface area (Å²) < 4.78 is 0. The SMILES string of the molecule is CCC(C)NCCNc1ccc(C)c(C)c1. The van der Waals surface area contributed by atoms with E-state index in [1.165, 1.54) is 23.2 Å². The third kappa shape index (κ3) is 4.23. The van der Waals surface area contributed by atoms with Gasteiger partial charge in [-0.2, -0.15) is 0 Å². The van der Waals surface area contributed by atoms with E-state index >= 15 is 0 Å². The molecule has 0 bridgehead atoms. The lowest BCUT2D eigenvalue weighted by molar-refractivity contribution is 0.546. The predicted octanol–water partition coefficient (Wildman–Crippen LogP) is 3.10. The standard InChI is InChI=1S/C14H24N2/c1-5-13(4)15-8-9-16-14-7-6-11(2)12(3)10-14/h6-7,10,13,15-16H,5,8-9H2,1-4H3. The second-order valence-corrected chi connectivity index (χ2v) is 4.49. The Morgan fingerprint density at radius 1 is 1.12 bits per heavy atom. The Kier molecular flexibility index (Phi) is 5.33. The highest BCUT2D eigenvalue weighted by Crippen LogP contribution is 2.13. The lowest BCUT2D eigenvalue weighted by atomic mass is 10.1. The molecule has 16 heavy (non-hydrogen) atoms. The molecule has 0 saturated carbocycles. The Balaban J connectivity index is 2.29. The van der Waals surface area contributed by atoms with E-state index in [1.807, 2.05) is 0 Å². The highest BCUT2D eigenvalue weighted by atomic mass is 15.0. The fourth-order valence-electron chi connectivity index (χ4n) is 1.52. The average molecular weight is 220 g/mol. The van der Waals surface area contributed by atoms with Crippen LogP contribution >= 0.6 is 0 Å². The lowest BCUT2D eigenvalue weighted by Crippen LogP contribution is -2.30. The second-order valence-electron chi connectivity index (χ2n) is 4.49. The monoisotopic (exact) mass is 220 g/mol. The van der Waals surface area contributed by atoms with Crippen molar-refractivity contribution in [3.8, 4) is 0 Å². The Bertz CT molecular complexity index is 321. The van der Waals surface area contributed by atoms with Crippen LogP contribution in [-0.2, 0) is 0 Å². The quantitative estimate of drug-likeness (QED) is 0.720. The molecule has 0 aliphatic rings. The van der Waals surface area contributed by atoms with Crippen LogP contribution in [-0.4, -0.2) is 19.1 Å². The topological polar surface area (TPSA) is 24.1 Å². The minimum absolute atomic E-state index is 0.613. The fourth-order valence-corrected chi connectivity index (χ4v) is 1.52. The molecule has 1 atom stereocenters. The molecule has 1 unspecified atom stereocenters. The first-order chi connectivity index (χ1) is 7.63. The number of nitrogens with one attached hydrogen (secondary N) is 2. The first-order valence-electron chi connectivity index (χ1n) is 6.18. The van der Waals surface area contributed by atoms with Gasteiger partial charge in [-0.1, -0.05) is 13.0 Å². The van der Waals surface area contributed by atoms with Crippen LogP contribution in [0.2, 0.25) is 0 Å². The van der Waals surface area contributed by atoms with Gasteiger partial charge in [0.15, 0.2) is 0 Å². The minimum Gasteiger partial charge on any atom is -0.384 e. The van der Waals surface area contributed by atoms with Crippen molar-refractivity contribution in [2.45, 2.75) is 40.2 Å². The van der Waals surface area contributed by atoms with Gasteiger partial charge in [0.05, 0.1) is 0 Å². The third-order valence-corrected chi connectivity index (χ3v) is 3.07. The maximum atomic E-state index is 3.47. The lowest BCUT2D eigenvalue weighted by Gasteiger charge is -2.13. The van der Waals surface area contributed by atoms with Gasteiger partial charge in [0.25, 0.3) is 0 Å². The van der Waals surface area contributed by atoms with Gasteiger partial charge in [-0.05, 0) is 50.5 Å². The summed E-state index contributed by atoms with van der Waals surface area (Å²) in [4.78, 5) is 0. The van der Waals surface area contributed by atoms with E-state index in [2.05, 4.69) is 56.5 Å². The molecule has 0 amide bonds. The highest BCUT2D eigenvalue weighted by Gasteiger charge is 1.97. The minimum atomic E-state index is 0.613. The summed E-state index contributed by atoms with van der Waals surface area (Å²) in [6.07, 6.45) is 1.18. The fraction of sp³-hybridized carbons (Fsp3) is 0.571. The van der Waals surface area contributed by atoms with E-state index in [9.17, 15) is 0 Å². The largest absolute Gasteiger partial charge is 0.384 e. The first-order valence-corrected chi connectivity index (χ1v) is 6.18.